The van der Waals surface area contributed by atoms with Gasteiger partial charge in [0.05, 0.1) is 17.4 Å². The molecule has 2 atom stereocenters. The van der Waals surface area contributed by atoms with E-state index in [1.54, 1.807) is 6.20 Å². The molecule has 1 saturated heterocycles. The van der Waals surface area contributed by atoms with Gasteiger partial charge in [0.2, 0.25) is 0 Å². The second kappa shape index (κ2) is 9.78. The molecule has 0 radical (unpaired) electrons. The van der Waals surface area contributed by atoms with Crippen molar-refractivity contribution in [3.8, 4) is 6.07 Å². The summed E-state index contributed by atoms with van der Waals surface area (Å²) < 4.78 is 40.6. The lowest BCUT2D eigenvalue weighted by atomic mass is 9.62. The number of carbonyl (C=O) groups excluding carboxylic acids is 1. The van der Waals surface area contributed by atoms with Gasteiger partial charge < -0.3 is 10.6 Å². The predicted molar refractivity (Wildman–Crippen MR) is 138 cm³/mol. The zero-order chi connectivity index (χ0) is 27.1. The first-order chi connectivity index (χ1) is 18.1. The molecule has 1 spiro atoms. The van der Waals surface area contributed by atoms with Crippen LogP contribution in [0.15, 0.2) is 54.9 Å². The Kier molecular flexibility index (Phi) is 6.63. The summed E-state index contributed by atoms with van der Waals surface area (Å²) in [5.41, 5.74) is 0.916. The van der Waals surface area contributed by atoms with Crippen molar-refractivity contribution in [2.45, 2.75) is 50.5 Å². The molecule has 1 amide bonds. The molecule has 38 heavy (non-hydrogen) atoms. The third-order valence-electron chi connectivity index (χ3n) is 7.12. The van der Waals surface area contributed by atoms with Crippen LogP contribution in [0.3, 0.4) is 0 Å². The van der Waals surface area contributed by atoms with Gasteiger partial charge in [0.1, 0.15) is 11.6 Å². The summed E-state index contributed by atoms with van der Waals surface area (Å²) in [5.74, 6) is -0.638. The number of rotatable bonds is 6. The number of hydrogen-bond acceptors (Lipinski definition) is 6. The van der Waals surface area contributed by atoms with Crippen LogP contribution in [-0.2, 0) is 24.1 Å². The first-order valence-electron chi connectivity index (χ1n) is 12.0. The highest BCUT2D eigenvalue weighted by Gasteiger charge is 2.60. The van der Waals surface area contributed by atoms with E-state index in [0.717, 1.165) is 46.0 Å². The maximum absolute atomic E-state index is 13.7. The van der Waals surface area contributed by atoms with Gasteiger partial charge in [-0.3, -0.25) is 14.7 Å². The van der Waals surface area contributed by atoms with Crippen molar-refractivity contribution >= 4 is 28.9 Å². The van der Waals surface area contributed by atoms with Gasteiger partial charge in [0.15, 0.2) is 10.8 Å². The number of thiocarbonyl (C=S) groups is 1. The lowest BCUT2D eigenvalue weighted by Crippen LogP contribution is -2.58. The van der Waals surface area contributed by atoms with E-state index in [4.69, 9.17) is 17.5 Å². The number of hydrogen-bond donors (Lipinski definition) is 2. The van der Waals surface area contributed by atoms with E-state index < -0.39 is 28.9 Å². The van der Waals surface area contributed by atoms with Crippen LogP contribution < -0.4 is 15.5 Å². The number of nitrogens with one attached hydrogen (secondary N) is 2. The minimum Gasteiger partial charge on any atom is -0.347 e. The Hall–Kier alpha value is -3.88. The Morgan fingerprint density at radius 1 is 1.24 bits per heavy atom. The van der Waals surface area contributed by atoms with Crippen molar-refractivity contribution in [2.75, 3.05) is 4.90 Å². The van der Waals surface area contributed by atoms with Gasteiger partial charge in [-0.1, -0.05) is 24.3 Å². The molecule has 0 bridgehead atoms. The second-order valence-electron chi connectivity index (χ2n) is 9.44. The monoisotopic (exact) mass is 536 g/mol. The molecule has 194 valence electrons. The van der Waals surface area contributed by atoms with E-state index in [2.05, 4.69) is 20.6 Å². The first-order valence-corrected chi connectivity index (χ1v) is 12.4. The second-order valence-corrected chi connectivity index (χ2v) is 9.83. The lowest BCUT2D eigenvalue weighted by molar-refractivity contribution is -0.138. The van der Waals surface area contributed by atoms with Gasteiger partial charge in [0.25, 0.3) is 5.91 Å². The van der Waals surface area contributed by atoms with Crippen LogP contribution >= 0.6 is 12.2 Å². The molecule has 7 nitrogen and oxygen atoms in total. The maximum atomic E-state index is 13.7. The molecule has 1 saturated carbocycles. The van der Waals surface area contributed by atoms with Gasteiger partial charge in [-0.25, -0.2) is 4.98 Å². The lowest BCUT2D eigenvalue weighted by Gasteiger charge is -2.45. The molecule has 2 aliphatic rings. The Morgan fingerprint density at radius 2 is 2.03 bits per heavy atom. The molecular formula is C27H23F3N6OS. The average molecular weight is 537 g/mol. The summed E-state index contributed by atoms with van der Waals surface area (Å²) in [6, 6.07) is 14.0. The Labute approximate surface area is 222 Å². The highest BCUT2D eigenvalue weighted by molar-refractivity contribution is 7.80. The van der Waals surface area contributed by atoms with Crippen LogP contribution in [0, 0.1) is 18.3 Å². The Morgan fingerprint density at radius 3 is 2.71 bits per heavy atom. The van der Waals surface area contributed by atoms with E-state index in [9.17, 15) is 18.0 Å². The first kappa shape index (κ1) is 25.8. The summed E-state index contributed by atoms with van der Waals surface area (Å²) in [6.45, 7) is 3.16. The van der Waals surface area contributed by atoms with Crippen molar-refractivity contribution in [1.29, 1.82) is 5.26 Å². The number of nitrogens with zero attached hydrogens (tertiary/aromatic N) is 4. The summed E-state index contributed by atoms with van der Waals surface area (Å²) in [6.07, 6.45) is -0.754. The zero-order valence-electron chi connectivity index (χ0n) is 20.3. The summed E-state index contributed by atoms with van der Waals surface area (Å²) in [5, 5.41) is 15.6. The highest BCUT2D eigenvalue weighted by Crippen LogP contribution is 2.51. The fraction of sp³-hybridized carbons (Fsp3) is 0.296. The Bertz CT molecular complexity index is 1470. The highest BCUT2D eigenvalue weighted by atomic mass is 32.1. The van der Waals surface area contributed by atoms with E-state index in [1.165, 1.54) is 6.07 Å². The number of amides is 1. The number of nitriles is 1. The third-order valence-corrected chi connectivity index (χ3v) is 7.40. The number of alkyl halides is 3. The molecule has 11 heteroatoms. The molecule has 3 aromatic rings. The van der Waals surface area contributed by atoms with Gasteiger partial charge in [-0.05, 0) is 66.9 Å². The zero-order valence-corrected chi connectivity index (χ0v) is 21.2. The maximum Gasteiger partial charge on any atom is 0.419 e. The molecule has 1 aliphatic carbocycles. The van der Waals surface area contributed by atoms with Gasteiger partial charge in [0, 0.05) is 30.9 Å². The molecule has 2 N–H and O–H groups in total. The largest absolute Gasteiger partial charge is 0.419 e. The summed E-state index contributed by atoms with van der Waals surface area (Å²) in [7, 11) is 0. The van der Waals surface area contributed by atoms with Crippen LogP contribution in [0.1, 0.15) is 52.4 Å². The molecule has 3 heterocycles. The van der Waals surface area contributed by atoms with Crippen molar-refractivity contribution in [3.05, 3.63) is 88.5 Å². The molecule has 1 aliphatic heterocycles. The van der Waals surface area contributed by atoms with Crippen LogP contribution in [0.25, 0.3) is 0 Å². The van der Waals surface area contributed by atoms with Crippen LogP contribution in [-0.4, -0.2) is 26.5 Å². The molecule has 5 rings (SSSR count). The number of carbonyl (C=O) groups is 1. The van der Waals surface area contributed by atoms with Gasteiger partial charge in [-0.2, -0.15) is 18.4 Å². The van der Waals surface area contributed by atoms with Crippen molar-refractivity contribution < 1.29 is 18.0 Å². The van der Waals surface area contributed by atoms with Crippen molar-refractivity contribution in [1.82, 2.24) is 20.6 Å². The van der Waals surface area contributed by atoms with E-state index in [-0.39, 0.29) is 16.7 Å². The number of anilines is 1. The molecule has 2 aromatic heterocycles. The van der Waals surface area contributed by atoms with Crippen molar-refractivity contribution in [2.24, 2.45) is 0 Å². The van der Waals surface area contributed by atoms with Crippen molar-refractivity contribution in [3.63, 3.8) is 0 Å². The van der Waals surface area contributed by atoms with Crippen LogP contribution in [0.2, 0.25) is 0 Å². The minimum atomic E-state index is -4.80. The normalized spacial score (nSPS) is 20.8. The van der Waals surface area contributed by atoms with E-state index in [0.29, 0.717) is 19.5 Å². The van der Waals surface area contributed by atoms with Gasteiger partial charge >= 0.3 is 6.18 Å². The van der Waals surface area contributed by atoms with Crippen LogP contribution in [0.4, 0.5) is 18.9 Å². The number of aromatic nitrogens is 2. The average Bonchev–Trinajstić information content (AvgIpc) is 3.15. The van der Waals surface area contributed by atoms with Gasteiger partial charge in [-0.15, -0.1) is 0 Å². The standard InChI is InChI=1S/C27H23F3N6OS/c1-16-10-17(7-9-33-16)13-32-14-18-4-2-3-5-20(18)21-6-8-26(21)24(37)36(25(38)35-26)19-11-22(27(28,29)30)23(12-31)34-15-19/h2-5,7,9-11,15,21,32H,6,8,13-14H2,1H3,(H,35,38). The SMILES string of the molecule is Cc1cc(CNCc2ccccc2C2CCC23NC(=S)N(c2cnc(C#N)c(C(F)(F)F)c2)C3=O)ccn1. The fourth-order valence-electron chi connectivity index (χ4n) is 5.20. The van der Waals surface area contributed by atoms with E-state index >= 15 is 0 Å². The number of halogens is 3. The minimum absolute atomic E-state index is 0.0167. The summed E-state index contributed by atoms with van der Waals surface area (Å²) in [4.78, 5) is 22.7. The number of pyridine rings is 2. The molecule has 2 unspecified atom stereocenters. The Balaban J connectivity index is 1.39. The fourth-order valence-corrected chi connectivity index (χ4v) is 5.57. The molecular weight excluding hydrogens is 513 g/mol. The molecule has 2 fully saturated rings. The number of aryl methyl sites for hydroxylation is 1. The smallest absolute Gasteiger partial charge is 0.347 e. The van der Waals surface area contributed by atoms with E-state index in [1.807, 2.05) is 43.3 Å². The number of benzene rings is 1. The predicted octanol–water partition coefficient (Wildman–Crippen LogP) is 4.50. The topological polar surface area (TPSA) is 93.9 Å². The summed E-state index contributed by atoms with van der Waals surface area (Å²) >= 11 is 5.42. The quantitative estimate of drug-likeness (QED) is 0.448. The third kappa shape index (κ3) is 4.50. The van der Waals surface area contributed by atoms with Crippen LogP contribution in [0.5, 0.6) is 0 Å². The molecule has 1 aromatic carbocycles.